The van der Waals surface area contributed by atoms with Crippen molar-refractivity contribution in [2.45, 2.75) is 19.1 Å². The first-order chi connectivity index (χ1) is 13.0. The van der Waals surface area contributed by atoms with Crippen LogP contribution in [0.15, 0.2) is 42.5 Å². The molecule has 6 nitrogen and oxygen atoms in total. The Morgan fingerprint density at radius 1 is 1.44 bits per heavy atom. The summed E-state index contributed by atoms with van der Waals surface area (Å²) in [6.45, 7) is 5.96. The van der Waals surface area contributed by atoms with Gasteiger partial charge < -0.3 is 9.64 Å². The summed E-state index contributed by atoms with van der Waals surface area (Å²) in [6, 6.07) is 6.89. The largest absolute Gasteiger partial charge is 0.428 e. The van der Waals surface area contributed by atoms with Gasteiger partial charge in [0.05, 0.1) is 24.0 Å². The number of piperidine rings is 1. The number of likely N-dealkylation sites (N-methyl/N-ethyl adjacent to an activating group) is 1. The highest BCUT2D eigenvalue weighted by atomic mass is 19.1. The number of benzene rings is 1. The molecule has 0 N–H and O–H groups in total. The molecular weight excluding hydrogens is 347 g/mol. The van der Waals surface area contributed by atoms with Crippen molar-refractivity contribution in [3.8, 4) is 6.07 Å². The molecule has 0 bridgehead atoms. The molecule has 2 aliphatic heterocycles. The molecule has 1 aromatic carbocycles. The van der Waals surface area contributed by atoms with Crippen LogP contribution in [0.25, 0.3) is 0 Å². The van der Waals surface area contributed by atoms with E-state index in [2.05, 4.69) is 12.6 Å². The highest BCUT2D eigenvalue weighted by Gasteiger charge is 2.35. The van der Waals surface area contributed by atoms with Crippen molar-refractivity contribution in [1.82, 2.24) is 4.90 Å². The van der Waals surface area contributed by atoms with Crippen molar-refractivity contribution >= 4 is 17.5 Å². The van der Waals surface area contributed by atoms with Gasteiger partial charge in [-0.2, -0.15) is 5.26 Å². The normalized spacial score (nSPS) is 19.9. The molecule has 1 atom stereocenters. The van der Waals surface area contributed by atoms with E-state index in [1.807, 2.05) is 16.8 Å². The van der Waals surface area contributed by atoms with Crippen molar-refractivity contribution in [2.24, 2.45) is 0 Å². The maximum absolute atomic E-state index is 14.7. The Morgan fingerprint density at radius 2 is 2.19 bits per heavy atom. The van der Waals surface area contributed by atoms with Crippen molar-refractivity contribution < 1.29 is 13.9 Å². The molecule has 0 aromatic heterocycles. The van der Waals surface area contributed by atoms with Crippen LogP contribution in [0, 0.1) is 17.1 Å². The minimum Gasteiger partial charge on any atom is -0.428 e. The second kappa shape index (κ2) is 8.23. The average Bonchev–Trinajstić information content (AvgIpc) is 3.05. The number of hydrogen-bond acceptors (Lipinski definition) is 5. The minimum absolute atomic E-state index is 0.341. The average molecular weight is 370 g/mol. The summed E-state index contributed by atoms with van der Waals surface area (Å²) in [5.41, 5.74) is 2.10. The second-order valence-corrected chi connectivity index (χ2v) is 6.73. The number of ether oxygens (including phenoxy) is 1. The topological polar surface area (TPSA) is 59.8 Å². The van der Waals surface area contributed by atoms with Crippen LogP contribution in [-0.2, 0) is 4.74 Å². The molecule has 0 radical (unpaired) electrons. The quantitative estimate of drug-likeness (QED) is 0.588. The van der Waals surface area contributed by atoms with Gasteiger partial charge in [0.25, 0.3) is 0 Å². The molecule has 27 heavy (non-hydrogen) atoms. The van der Waals surface area contributed by atoms with E-state index in [0.717, 1.165) is 18.4 Å². The lowest BCUT2D eigenvalue weighted by atomic mass is 10.0. The van der Waals surface area contributed by atoms with Gasteiger partial charge in [0, 0.05) is 25.7 Å². The summed E-state index contributed by atoms with van der Waals surface area (Å²) in [7, 11) is 1.85. The number of hydrogen-bond donors (Lipinski definition) is 0. The molecule has 1 amide bonds. The van der Waals surface area contributed by atoms with Crippen molar-refractivity contribution in [3.05, 3.63) is 48.3 Å². The van der Waals surface area contributed by atoms with E-state index < -0.39 is 6.09 Å². The van der Waals surface area contributed by atoms with Crippen LogP contribution in [0.4, 0.5) is 20.6 Å². The van der Waals surface area contributed by atoms with Gasteiger partial charge in [-0.25, -0.2) is 9.18 Å². The molecule has 3 rings (SSSR count). The highest BCUT2D eigenvalue weighted by Crippen LogP contribution is 2.30. The third-order valence-corrected chi connectivity index (χ3v) is 4.96. The fraction of sp³-hybridized carbons (Fsp3) is 0.400. The predicted molar refractivity (Wildman–Crippen MR) is 102 cm³/mol. The summed E-state index contributed by atoms with van der Waals surface area (Å²) < 4.78 is 20.1. The van der Waals surface area contributed by atoms with Crippen molar-refractivity contribution in [1.29, 1.82) is 5.26 Å². The molecule has 2 saturated heterocycles. The number of allylic oxidation sites excluding steroid dienone is 1. The summed E-state index contributed by atoms with van der Waals surface area (Å²) >= 11 is 0. The number of anilines is 2. The Kier molecular flexibility index (Phi) is 5.77. The van der Waals surface area contributed by atoms with E-state index in [-0.39, 0.29) is 12.0 Å². The fourth-order valence-corrected chi connectivity index (χ4v) is 3.40. The van der Waals surface area contributed by atoms with E-state index in [0.29, 0.717) is 37.6 Å². The first-order valence-electron chi connectivity index (χ1n) is 8.94. The molecule has 0 unspecified atom stereocenters. The van der Waals surface area contributed by atoms with Crippen LogP contribution in [0.2, 0.25) is 0 Å². The molecule has 0 saturated carbocycles. The molecule has 2 fully saturated rings. The number of nitriles is 1. The first kappa shape index (κ1) is 18.9. The molecule has 2 heterocycles. The number of amides is 1. The first-order valence-corrected chi connectivity index (χ1v) is 8.94. The third kappa shape index (κ3) is 4.12. The Hall–Kier alpha value is -2.85. The number of halogens is 1. The molecule has 0 spiro atoms. The standard InChI is InChI=1S/C20H23FN4O2/c1-3-10-23(2)19-14-25(20(26)27-19)16-4-5-18(17(21)13-16)24-11-7-15(6-9-22)8-12-24/h3-6,13,19H,1,7-8,10-12,14H2,2H3/t19-/m0/s1. The van der Waals surface area contributed by atoms with Crippen molar-refractivity contribution in [2.75, 3.05) is 43.0 Å². The van der Waals surface area contributed by atoms with Crippen LogP contribution in [0.3, 0.4) is 0 Å². The van der Waals surface area contributed by atoms with Gasteiger partial charge in [-0.1, -0.05) is 11.6 Å². The van der Waals surface area contributed by atoms with Crippen LogP contribution >= 0.6 is 0 Å². The molecule has 1 aromatic rings. The SMILES string of the molecule is C=CCN(C)[C@@H]1CN(c2ccc(N3CCC(=CC#N)CC3)c(F)c2)C(=O)O1. The van der Waals surface area contributed by atoms with Gasteiger partial charge in [0.2, 0.25) is 0 Å². The zero-order chi connectivity index (χ0) is 19.4. The zero-order valence-corrected chi connectivity index (χ0v) is 15.4. The van der Waals surface area contributed by atoms with Crippen LogP contribution in [0.1, 0.15) is 12.8 Å². The Morgan fingerprint density at radius 3 is 2.81 bits per heavy atom. The van der Waals surface area contributed by atoms with E-state index in [1.165, 1.54) is 11.0 Å². The molecule has 2 aliphatic rings. The Bertz CT molecular complexity index is 792. The van der Waals surface area contributed by atoms with E-state index in [1.54, 1.807) is 24.3 Å². The third-order valence-electron chi connectivity index (χ3n) is 4.96. The molecule has 7 heteroatoms. The predicted octanol–water partition coefficient (Wildman–Crippen LogP) is 3.28. The van der Waals surface area contributed by atoms with E-state index in [4.69, 9.17) is 10.00 Å². The maximum Gasteiger partial charge on any atom is 0.416 e. The lowest BCUT2D eigenvalue weighted by Gasteiger charge is -2.30. The lowest BCUT2D eigenvalue weighted by molar-refractivity contribution is 0.0464. The Balaban J connectivity index is 1.70. The van der Waals surface area contributed by atoms with Gasteiger partial charge in [-0.15, -0.1) is 6.58 Å². The summed E-state index contributed by atoms with van der Waals surface area (Å²) in [4.78, 5) is 17.5. The zero-order valence-electron chi connectivity index (χ0n) is 15.4. The molecular formula is C20H23FN4O2. The van der Waals surface area contributed by atoms with Crippen LogP contribution < -0.4 is 9.80 Å². The smallest absolute Gasteiger partial charge is 0.416 e. The lowest BCUT2D eigenvalue weighted by Crippen LogP contribution is -2.35. The van der Waals surface area contributed by atoms with Gasteiger partial charge in [0.1, 0.15) is 5.82 Å². The van der Waals surface area contributed by atoms with Gasteiger partial charge in [-0.05, 0) is 38.1 Å². The fourth-order valence-electron chi connectivity index (χ4n) is 3.40. The highest BCUT2D eigenvalue weighted by molar-refractivity contribution is 5.90. The van der Waals surface area contributed by atoms with Crippen molar-refractivity contribution in [3.63, 3.8) is 0 Å². The minimum atomic E-state index is -0.479. The van der Waals surface area contributed by atoms with Crippen LogP contribution in [0.5, 0.6) is 0 Å². The number of nitrogens with zero attached hydrogens (tertiary/aromatic N) is 4. The summed E-state index contributed by atoms with van der Waals surface area (Å²) in [5.74, 6) is -0.365. The molecule has 142 valence electrons. The summed E-state index contributed by atoms with van der Waals surface area (Å²) in [6.07, 6.45) is 3.96. The van der Waals surface area contributed by atoms with Gasteiger partial charge >= 0.3 is 6.09 Å². The monoisotopic (exact) mass is 370 g/mol. The maximum atomic E-state index is 14.7. The van der Waals surface area contributed by atoms with E-state index in [9.17, 15) is 9.18 Å². The van der Waals surface area contributed by atoms with Crippen LogP contribution in [-0.4, -0.2) is 50.4 Å². The number of carbonyl (C=O) groups is 1. The molecule has 0 aliphatic carbocycles. The van der Waals surface area contributed by atoms with Gasteiger partial charge in [0.15, 0.2) is 6.23 Å². The number of rotatable bonds is 5. The summed E-state index contributed by atoms with van der Waals surface area (Å²) in [5, 5.41) is 8.73. The second-order valence-electron chi connectivity index (χ2n) is 6.73. The number of cyclic esters (lactones) is 1. The van der Waals surface area contributed by atoms with Gasteiger partial charge in [-0.3, -0.25) is 9.80 Å². The Labute approximate surface area is 158 Å². The van der Waals surface area contributed by atoms with E-state index >= 15 is 0 Å². The number of carbonyl (C=O) groups excluding carboxylic acids is 1.